The fraction of sp³-hybridized carbons (Fsp3) is 0. The monoisotopic (exact) mass is 166 g/mol. The topological polar surface area (TPSA) is 79.3 Å². The first-order chi connectivity index (χ1) is 5.74. The fourth-order valence-electron chi connectivity index (χ4n) is 0.728. The van der Waals surface area contributed by atoms with Crippen molar-refractivity contribution in [2.45, 2.75) is 0 Å². The van der Waals surface area contributed by atoms with E-state index in [1.807, 2.05) is 5.32 Å². The molecule has 1 heterocycles. The Labute approximate surface area is 68.0 Å². The van der Waals surface area contributed by atoms with Gasteiger partial charge in [0.15, 0.2) is 6.29 Å². The zero-order valence-corrected chi connectivity index (χ0v) is 6.02. The SMILES string of the molecule is O=Cc1ccncc1NC(=O)O. The van der Waals surface area contributed by atoms with Gasteiger partial charge in [0.2, 0.25) is 0 Å². The van der Waals surface area contributed by atoms with Gasteiger partial charge in [0.1, 0.15) is 0 Å². The number of aromatic nitrogens is 1. The van der Waals surface area contributed by atoms with Gasteiger partial charge in [-0.15, -0.1) is 0 Å². The molecule has 0 radical (unpaired) electrons. The zero-order chi connectivity index (χ0) is 8.97. The van der Waals surface area contributed by atoms with E-state index in [1.165, 1.54) is 18.5 Å². The Morgan fingerprint density at radius 1 is 1.67 bits per heavy atom. The van der Waals surface area contributed by atoms with Crippen molar-refractivity contribution in [1.29, 1.82) is 0 Å². The third-order valence-corrected chi connectivity index (χ3v) is 1.22. The Balaban J connectivity index is 2.96. The van der Waals surface area contributed by atoms with Gasteiger partial charge in [-0.3, -0.25) is 15.1 Å². The summed E-state index contributed by atoms with van der Waals surface area (Å²) in [6.45, 7) is 0. The van der Waals surface area contributed by atoms with Crippen LogP contribution >= 0.6 is 0 Å². The molecule has 1 amide bonds. The Kier molecular flexibility index (Phi) is 2.37. The van der Waals surface area contributed by atoms with Gasteiger partial charge in [0, 0.05) is 11.8 Å². The van der Waals surface area contributed by atoms with Gasteiger partial charge in [0.05, 0.1) is 11.9 Å². The van der Waals surface area contributed by atoms with Crippen molar-refractivity contribution in [2.24, 2.45) is 0 Å². The summed E-state index contributed by atoms with van der Waals surface area (Å²) in [4.78, 5) is 24.2. The van der Waals surface area contributed by atoms with Crippen LogP contribution in [0.3, 0.4) is 0 Å². The molecule has 62 valence electrons. The molecule has 0 spiro atoms. The predicted octanol–water partition coefficient (Wildman–Crippen LogP) is 0.984. The maximum atomic E-state index is 10.3. The van der Waals surface area contributed by atoms with E-state index in [-0.39, 0.29) is 11.3 Å². The number of nitrogens with one attached hydrogen (secondary N) is 1. The quantitative estimate of drug-likeness (QED) is 0.642. The normalized spacial score (nSPS) is 9.00. The second-order valence-corrected chi connectivity index (χ2v) is 2.01. The third-order valence-electron chi connectivity index (χ3n) is 1.22. The highest BCUT2D eigenvalue weighted by Gasteiger charge is 2.02. The minimum Gasteiger partial charge on any atom is -0.465 e. The number of amides is 1. The first-order valence-electron chi connectivity index (χ1n) is 3.13. The van der Waals surface area contributed by atoms with Crippen LogP contribution in [0.1, 0.15) is 10.4 Å². The first kappa shape index (κ1) is 8.19. The van der Waals surface area contributed by atoms with Gasteiger partial charge in [-0.1, -0.05) is 0 Å². The number of carbonyl (C=O) groups excluding carboxylic acids is 1. The van der Waals surface area contributed by atoms with Crippen LogP contribution in [0.25, 0.3) is 0 Å². The van der Waals surface area contributed by atoms with E-state index in [0.717, 1.165) is 0 Å². The van der Waals surface area contributed by atoms with Crippen molar-refractivity contribution >= 4 is 18.1 Å². The highest BCUT2D eigenvalue weighted by Crippen LogP contribution is 2.09. The van der Waals surface area contributed by atoms with Crippen LogP contribution in [0.2, 0.25) is 0 Å². The van der Waals surface area contributed by atoms with Crippen LogP contribution in [0.15, 0.2) is 18.5 Å². The summed E-state index contributed by atoms with van der Waals surface area (Å²) in [5.41, 5.74) is 0.465. The molecule has 0 aliphatic rings. The molecule has 5 heteroatoms. The number of nitrogens with zero attached hydrogens (tertiary/aromatic N) is 1. The third kappa shape index (κ3) is 1.79. The van der Waals surface area contributed by atoms with Crippen molar-refractivity contribution in [3.05, 3.63) is 24.0 Å². The largest absolute Gasteiger partial charge is 0.465 e. The highest BCUT2D eigenvalue weighted by atomic mass is 16.4. The molecule has 1 rings (SSSR count). The summed E-state index contributed by atoms with van der Waals surface area (Å²) < 4.78 is 0. The number of carboxylic acid groups (broad SMARTS) is 1. The maximum Gasteiger partial charge on any atom is 0.409 e. The molecular formula is C7H6N2O3. The van der Waals surface area contributed by atoms with Crippen LogP contribution in [0, 0.1) is 0 Å². The standard InChI is InChI=1S/C7H6N2O3/c10-4-5-1-2-8-3-6(5)9-7(11)12/h1-4,9H,(H,11,12). The molecular weight excluding hydrogens is 160 g/mol. The van der Waals surface area contributed by atoms with Gasteiger partial charge in [-0.05, 0) is 6.07 Å². The summed E-state index contributed by atoms with van der Waals surface area (Å²) in [6, 6.07) is 1.43. The molecule has 0 bridgehead atoms. The van der Waals surface area contributed by atoms with Crippen LogP contribution in [0.5, 0.6) is 0 Å². The maximum absolute atomic E-state index is 10.3. The van der Waals surface area contributed by atoms with Crippen molar-refractivity contribution in [3.8, 4) is 0 Å². The molecule has 2 N–H and O–H groups in total. The van der Waals surface area contributed by atoms with Crippen LogP contribution < -0.4 is 5.32 Å². The number of rotatable bonds is 2. The lowest BCUT2D eigenvalue weighted by Gasteiger charge is -2.01. The molecule has 0 saturated carbocycles. The summed E-state index contributed by atoms with van der Waals surface area (Å²) in [5.74, 6) is 0. The number of hydrogen-bond donors (Lipinski definition) is 2. The summed E-state index contributed by atoms with van der Waals surface area (Å²) in [7, 11) is 0. The molecule has 1 aromatic rings. The van der Waals surface area contributed by atoms with E-state index in [1.54, 1.807) is 0 Å². The molecule has 0 aliphatic heterocycles. The van der Waals surface area contributed by atoms with Crippen LogP contribution in [-0.4, -0.2) is 22.5 Å². The zero-order valence-electron chi connectivity index (χ0n) is 6.02. The number of carbonyl (C=O) groups is 2. The fourth-order valence-corrected chi connectivity index (χ4v) is 0.728. The molecule has 0 unspecified atom stereocenters. The van der Waals surface area contributed by atoms with Crippen molar-refractivity contribution in [1.82, 2.24) is 4.98 Å². The van der Waals surface area contributed by atoms with E-state index in [4.69, 9.17) is 5.11 Å². The Bertz CT molecular complexity index is 311. The molecule has 5 nitrogen and oxygen atoms in total. The lowest BCUT2D eigenvalue weighted by molar-refractivity contribution is 0.112. The number of anilines is 1. The average molecular weight is 166 g/mol. The van der Waals surface area contributed by atoms with E-state index in [0.29, 0.717) is 6.29 Å². The predicted molar refractivity (Wildman–Crippen MR) is 41.3 cm³/mol. The Hall–Kier alpha value is -1.91. The minimum absolute atomic E-state index is 0.194. The Morgan fingerprint density at radius 3 is 3.00 bits per heavy atom. The van der Waals surface area contributed by atoms with Crippen LogP contribution in [-0.2, 0) is 0 Å². The summed E-state index contributed by atoms with van der Waals surface area (Å²) in [5, 5.41) is 10.4. The lowest BCUT2D eigenvalue weighted by atomic mass is 10.2. The smallest absolute Gasteiger partial charge is 0.409 e. The van der Waals surface area contributed by atoms with Crippen LogP contribution in [0.4, 0.5) is 10.5 Å². The van der Waals surface area contributed by atoms with Crippen molar-refractivity contribution in [3.63, 3.8) is 0 Å². The number of hydrogen-bond acceptors (Lipinski definition) is 3. The lowest BCUT2D eigenvalue weighted by Crippen LogP contribution is -2.09. The number of aldehydes is 1. The second-order valence-electron chi connectivity index (χ2n) is 2.01. The molecule has 0 atom stereocenters. The van der Waals surface area contributed by atoms with E-state index < -0.39 is 6.09 Å². The Morgan fingerprint density at radius 2 is 2.42 bits per heavy atom. The average Bonchev–Trinajstić information content (AvgIpc) is 2.04. The van der Waals surface area contributed by atoms with E-state index in [9.17, 15) is 9.59 Å². The molecule has 0 aliphatic carbocycles. The van der Waals surface area contributed by atoms with Gasteiger partial charge in [-0.2, -0.15) is 0 Å². The molecule has 0 saturated heterocycles. The molecule has 1 aromatic heterocycles. The molecule has 12 heavy (non-hydrogen) atoms. The van der Waals surface area contributed by atoms with Crippen molar-refractivity contribution in [2.75, 3.05) is 5.32 Å². The van der Waals surface area contributed by atoms with Gasteiger partial charge >= 0.3 is 6.09 Å². The summed E-state index contributed by atoms with van der Waals surface area (Å²) >= 11 is 0. The van der Waals surface area contributed by atoms with E-state index in [2.05, 4.69) is 4.98 Å². The molecule has 0 aromatic carbocycles. The first-order valence-corrected chi connectivity index (χ1v) is 3.13. The minimum atomic E-state index is -1.22. The summed E-state index contributed by atoms with van der Waals surface area (Å²) in [6.07, 6.45) is 2.03. The van der Waals surface area contributed by atoms with Gasteiger partial charge < -0.3 is 5.11 Å². The number of pyridine rings is 1. The van der Waals surface area contributed by atoms with Gasteiger partial charge in [-0.25, -0.2) is 4.79 Å². The van der Waals surface area contributed by atoms with E-state index >= 15 is 0 Å². The van der Waals surface area contributed by atoms with Crippen molar-refractivity contribution < 1.29 is 14.7 Å². The van der Waals surface area contributed by atoms with Gasteiger partial charge in [0.25, 0.3) is 0 Å². The highest BCUT2D eigenvalue weighted by molar-refractivity contribution is 5.91. The second kappa shape index (κ2) is 3.47. The molecule has 0 fully saturated rings.